The zero-order valence-corrected chi connectivity index (χ0v) is 16.4. The van der Waals surface area contributed by atoms with Gasteiger partial charge in [-0.3, -0.25) is 4.79 Å². The van der Waals surface area contributed by atoms with Crippen LogP contribution < -0.4 is 10.1 Å². The lowest BCUT2D eigenvalue weighted by Crippen LogP contribution is -2.18. The zero-order valence-electron chi connectivity index (χ0n) is 15.6. The van der Waals surface area contributed by atoms with E-state index in [1.54, 1.807) is 36.4 Å². The zero-order chi connectivity index (χ0) is 19.4. The average Bonchev–Trinajstić information content (AvgIpc) is 2.60. The number of benzene rings is 2. The van der Waals surface area contributed by atoms with Gasteiger partial charge in [0.1, 0.15) is 5.75 Å². The highest BCUT2D eigenvalue weighted by atomic mass is 32.2. The largest absolute Gasteiger partial charge is 0.495 e. The molecule has 5 nitrogen and oxygen atoms in total. The number of carbonyl (C=O) groups is 1. The topological polar surface area (TPSA) is 72.5 Å². The smallest absolute Gasteiger partial charge is 0.225 e. The molecule has 0 radical (unpaired) electrons. The van der Waals surface area contributed by atoms with Crippen molar-refractivity contribution in [3.8, 4) is 5.75 Å². The van der Waals surface area contributed by atoms with Crippen LogP contribution in [0.4, 0.5) is 5.69 Å². The molecule has 0 unspecified atom stereocenters. The Morgan fingerprint density at radius 3 is 2.23 bits per heavy atom. The first-order valence-electron chi connectivity index (χ1n) is 8.39. The molecule has 0 saturated heterocycles. The Labute approximate surface area is 155 Å². The van der Waals surface area contributed by atoms with E-state index < -0.39 is 9.84 Å². The summed E-state index contributed by atoms with van der Waals surface area (Å²) in [5.74, 6) is -0.0890. The van der Waals surface area contributed by atoms with E-state index >= 15 is 0 Å². The first-order valence-corrected chi connectivity index (χ1v) is 10.0. The summed E-state index contributed by atoms with van der Waals surface area (Å²) in [6.45, 7) is 6.20. The van der Waals surface area contributed by atoms with E-state index in [0.717, 1.165) is 5.56 Å². The van der Waals surface area contributed by atoms with Crippen LogP contribution in [0.25, 0.3) is 0 Å². The Bertz CT molecular complexity index is 865. The molecule has 0 saturated carbocycles. The molecule has 1 amide bonds. The summed E-state index contributed by atoms with van der Waals surface area (Å²) >= 11 is 0. The molecule has 26 heavy (non-hydrogen) atoms. The predicted octanol–water partition coefficient (Wildman–Crippen LogP) is 3.80. The number of ether oxygens (including phenoxy) is 1. The summed E-state index contributed by atoms with van der Waals surface area (Å²) in [6, 6.07) is 13.8. The molecule has 1 N–H and O–H groups in total. The summed E-state index contributed by atoms with van der Waals surface area (Å²) in [6.07, 6.45) is -0.124. The minimum absolute atomic E-state index is 0.0447. The lowest BCUT2D eigenvalue weighted by atomic mass is 9.87. The van der Waals surface area contributed by atoms with Crippen molar-refractivity contribution in [3.05, 3.63) is 54.1 Å². The summed E-state index contributed by atoms with van der Waals surface area (Å²) in [5, 5.41) is 2.69. The molecule has 0 aliphatic carbocycles. The van der Waals surface area contributed by atoms with Crippen molar-refractivity contribution in [2.24, 2.45) is 0 Å². The van der Waals surface area contributed by atoms with E-state index in [1.165, 1.54) is 7.11 Å². The fraction of sp³-hybridized carbons (Fsp3) is 0.350. The van der Waals surface area contributed by atoms with Gasteiger partial charge in [-0.25, -0.2) is 8.42 Å². The Morgan fingerprint density at radius 1 is 1.04 bits per heavy atom. The third-order valence-corrected chi connectivity index (χ3v) is 5.79. The Kier molecular flexibility index (Phi) is 6.08. The SMILES string of the molecule is COc1ccccc1NC(=O)CCS(=O)(=O)c1ccc(C(C)(C)C)cc1. The molecule has 2 aromatic carbocycles. The second-order valence-corrected chi connectivity index (χ2v) is 9.20. The van der Waals surface area contributed by atoms with Gasteiger partial charge < -0.3 is 10.1 Å². The van der Waals surface area contributed by atoms with Crippen molar-refractivity contribution >= 4 is 21.4 Å². The average molecular weight is 375 g/mol. The fourth-order valence-corrected chi connectivity index (χ4v) is 3.71. The molecule has 0 atom stereocenters. The van der Waals surface area contributed by atoms with E-state index in [1.807, 2.05) is 12.1 Å². The minimum Gasteiger partial charge on any atom is -0.495 e. The van der Waals surface area contributed by atoms with Gasteiger partial charge in [0.15, 0.2) is 9.84 Å². The van der Waals surface area contributed by atoms with E-state index in [0.29, 0.717) is 11.4 Å². The molecule has 2 aromatic rings. The molecule has 0 aromatic heterocycles. The molecule has 0 spiro atoms. The minimum atomic E-state index is -3.52. The van der Waals surface area contributed by atoms with Gasteiger partial charge >= 0.3 is 0 Å². The molecule has 6 heteroatoms. The van der Waals surface area contributed by atoms with Crippen LogP contribution in [0.3, 0.4) is 0 Å². The Hall–Kier alpha value is -2.34. The number of hydrogen-bond donors (Lipinski definition) is 1. The van der Waals surface area contributed by atoms with Crippen molar-refractivity contribution in [2.75, 3.05) is 18.2 Å². The highest BCUT2D eigenvalue weighted by Crippen LogP contribution is 2.25. The van der Waals surface area contributed by atoms with Gasteiger partial charge in [-0.1, -0.05) is 45.0 Å². The number of para-hydroxylation sites is 2. The molecule has 0 bridgehead atoms. The van der Waals surface area contributed by atoms with Gasteiger partial charge in [-0.2, -0.15) is 0 Å². The second-order valence-electron chi connectivity index (χ2n) is 7.09. The molecule has 2 rings (SSSR count). The molecular weight excluding hydrogens is 350 g/mol. The molecule has 0 fully saturated rings. The second kappa shape index (κ2) is 7.91. The summed E-state index contributed by atoms with van der Waals surface area (Å²) in [7, 11) is -2.01. The van der Waals surface area contributed by atoms with Crippen LogP contribution >= 0.6 is 0 Å². The van der Waals surface area contributed by atoms with Crippen molar-refractivity contribution in [3.63, 3.8) is 0 Å². The first kappa shape index (κ1) is 20.0. The maximum Gasteiger partial charge on any atom is 0.225 e. The number of methoxy groups -OCH3 is 1. The molecule has 0 aliphatic rings. The maximum absolute atomic E-state index is 12.5. The summed E-state index contributed by atoms with van der Waals surface area (Å²) in [4.78, 5) is 12.3. The van der Waals surface area contributed by atoms with Crippen LogP contribution in [0.2, 0.25) is 0 Å². The van der Waals surface area contributed by atoms with E-state index in [4.69, 9.17) is 4.74 Å². The van der Waals surface area contributed by atoms with Crippen molar-refractivity contribution in [1.82, 2.24) is 0 Å². The van der Waals surface area contributed by atoms with Gasteiger partial charge in [0.2, 0.25) is 5.91 Å². The number of hydrogen-bond acceptors (Lipinski definition) is 4. The number of amides is 1. The predicted molar refractivity (Wildman–Crippen MR) is 103 cm³/mol. The maximum atomic E-state index is 12.5. The van der Waals surface area contributed by atoms with E-state index in [-0.39, 0.29) is 28.4 Å². The lowest BCUT2D eigenvalue weighted by Gasteiger charge is -2.19. The molecule has 0 heterocycles. The number of sulfone groups is 1. The monoisotopic (exact) mass is 375 g/mol. The normalized spacial score (nSPS) is 11.8. The molecule has 140 valence electrons. The lowest BCUT2D eigenvalue weighted by molar-refractivity contribution is -0.115. The molecule has 0 aliphatic heterocycles. The number of carbonyl (C=O) groups excluding carboxylic acids is 1. The van der Waals surface area contributed by atoms with E-state index in [9.17, 15) is 13.2 Å². The van der Waals surface area contributed by atoms with E-state index in [2.05, 4.69) is 26.1 Å². The van der Waals surface area contributed by atoms with Crippen LogP contribution in [0.1, 0.15) is 32.8 Å². The third-order valence-electron chi connectivity index (χ3n) is 4.06. The van der Waals surface area contributed by atoms with Crippen LogP contribution in [-0.4, -0.2) is 27.2 Å². The van der Waals surface area contributed by atoms with Crippen molar-refractivity contribution in [1.29, 1.82) is 0 Å². The summed E-state index contributed by atoms with van der Waals surface area (Å²) < 4.78 is 30.1. The quantitative estimate of drug-likeness (QED) is 0.834. The number of anilines is 1. The highest BCUT2D eigenvalue weighted by molar-refractivity contribution is 7.91. The highest BCUT2D eigenvalue weighted by Gasteiger charge is 2.19. The van der Waals surface area contributed by atoms with Gasteiger partial charge in [-0.05, 0) is 35.2 Å². The number of nitrogens with one attached hydrogen (secondary N) is 1. The van der Waals surface area contributed by atoms with Crippen LogP contribution in [0.5, 0.6) is 5.75 Å². The molecular formula is C20H25NO4S. The van der Waals surface area contributed by atoms with Crippen molar-refractivity contribution in [2.45, 2.75) is 37.5 Å². The van der Waals surface area contributed by atoms with Crippen LogP contribution in [-0.2, 0) is 20.0 Å². The van der Waals surface area contributed by atoms with Gasteiger partial charge in [0, 0.05) is 6.42 Å². The third kappa shape index (κ3) is 5.08. The van der Waals surface area contributed by atoms with Crippen LogP contribution in [0.15, 0.2) is 53.4 Å². The Balaban J connectivity index is 2.02. The number of rotatable bonds is 6. The van der Waals surface area contributed by atoms with Gasteiger partial charge in [0.05, 0.1) is 23.4 Å². The summed E-state index contributed by atoms with van der Waals surface area (Å²) in [5.41, 5.74) is 1.54. The van der Waals surface area contributed by atoms with Gasteiger partial charge in [0.25, 0.3) is 0 Å². The van der Waals surface area contributed by atoms with Crippen LogP contribution in [0, 0.1) is 0 Å². The van der Waals surface area contributed by atoms with Crippen molar-refractivity contribution < 1.29 is 17.9 Å². The van der Waals surface area contributed by atoms with Gasteiger partial charge in [-0.15, -0.1) is 0 Å². The fourth-order valence-electron chi connectivity index (χ4n) is 2.47. The first-order chi connectivity index (χ1) is 12.1. The standard InChI is InChI=1S/C20H25NO4S/c1-20(2,3)15-9-11-16(12-10-15)26(23,24)14-13-19(22)21-17-7-5-6-8-18(17)25-4/h5-12H,13-14H2,1-4H3,(H,21,22). The Morgan fingerprint density at radius 2 is 1.65 bits per heavy atom.